The van der Waals surface area contributed by atoms with Crippen LogP contribution in [-0.2, 0) is 4.74 Å². The molecule has 0 fully saturated rings. The molecule has 1 unspecified atom stereocenters. The molecule has 92 valence electrons. The maximum atomic E-state index is 5.09. The third-order valence-electron chi connectivity index (χ3n) is 2.45. The summed E-state index contributed by atoms with van der Waals surface area (Å²) in [6.07, 6.45) is 3.65. The van der Waals surface area contributed by atoms with Crippen molar-refractivity contribution in [1.29, 1.82) is 0 Å². The first kappa shape index (κ1) is 12.3. The van der Waals surface area contributed by atoms with E-state index in [1.54, 1.807) is 17.8 Å². The molecular formula is C11H15BrN4O. The first-order valence-corrected chi connectivity index (χ1v) is 6.27. The Morgan fingerprint density at radius 1 is 1.53 bits per heavy atom. The van der Waals surface area contributed by atoms with E-state index in [0.717, 1.165) is 18.0 Å². The lowest BCUT2D eigenvalue weighted by atomic mass is 10.4. The van der Waals surface area contributed by atoms with E-state index < -0.39 is 0 Å². The molecular weight excluding hydrogens is 284 g/mol. The van der Waals surface area contributed by atoms with Crippen LogP contribution in [0.3, 0.4) is 0 Å². The lowest BCUT2D eigenvalue weighted by Gasteiger charge is -2.21. The molecule has 2 aromatic rings. The molecule has 0 spiro atoms. The zero-order chi connectivity index (χ0) is 12.3. The molecule has 0 bridgehead atoms. The monoisotopic (exact) mass is 298 g/mol. The standard InChI is InChI=1S/C11H15BrN4O/c1-15(7-9(12)8-17-2)10-4-6-16-11(14-10)3-5-13-16/h3-6,9H,7-8H2,1-2H3. The Morgan fingerprint density at radius 3 is 3.12 bits per heavy atom. The predicted molar refractivity (Wildman–Crippen MR) is 70.8 cm³/mol. The number of alkyl halides is 1. The molecule has 2 heterocycles. The van der Waals surface area contributed by atoms with Crippen molar-refractivity contribution in [2.45, 2.75) is 4.83 Å². The smallest absolute Gasteiger partial charge is 0.157 e. The van der Waals surface area contributed by atoms with Crippen LogP contribution in [0.2, 0.25) is 0 Å². The third kappa shape index (κ3) is 2.95. The molecule has 0 aromatic carbocycles. The molecule has 0 aliphatic carbocycles. The summed E-state index contributed by atoms with van der Waals surface area (Å²) >= 11 is 3.57. The second-order valence-electron chi connectivity index (χ2n) is 3.85. The van der Waals surface area contributed by atoms with Crippen LogP contribution >= 0.6 is 15.9 Å². The van der Waals surface area contributed by atoms with Gasteiger partial charge in [-0.2, -0.15) is 5.10 Å². The minimum absolute atomic E-state index is 0.292. The number of aromatic nitrogens is 3. The maximum Gasteiger partial charge on any atom is 0.157 e. The van der Waals surface area contributed by atoms with Gasteiger partial charge in [0.2, 0.25) is 0 Å². The average Bonchev–Trinajstić information content (AvgIpc) is 2.75. The lowest BCUT2D eigenvalue weighted by Crippen LogP contribution is -2.28. The number of methoxy groups -OCH3 is 1. The van der Waals surface area contributed by atoms with Gasteiger partial charge in [0.15, 0.2) is 5.65 Å². The van der Waals surface area contributed by atoms with E-state index in [0.29, 0.717) is 11.4 Å². The molecule has 6 heteroatoms. The Labute approximate surface area is 109 Å². The zero-order valence-corrected chi connectivity index (χ0v) is 11.5. The van der Waals surface area contributed by atoms with Crippen LogP contribution in [0.4, 0.5) is 5.82 Å². The van der Waals surface area contributed by atoms with Gasteiger partial charge in [-0.05, 0) is 6.07 Å². The molecule has 0 aliphatic rings. The van der Waals surface area contributed by atoms with E-state index in [1.807, 2.05) is 25.4 Å². The summed E-state index contributed by atoms with van der Waals surface area (Å²) < 4.78 is 6.84. The Morgan fingerprint density at radius 2 is 2.35 bits per heavy atom. The van der Waals surface area contributed by atoms with E-state index in [9.17, 15) is 0 Å². The van der Waals surface area contributed by atoms with Gasteiger partial charge in [0, 0.05) is 33.0 Å². The number of ether oxygens (including phenoxy) is 1. The van der Waals surface area contributed by atoms with E-state index in [2.05, 4.69) is 30.9 Å². The van der Waals surface area contributed by atoms with Gasteiger partial charge in [0.1, 0.15) is 5.82 Å². The van der Waals surface area contributed by atoms with E-state index >= 15 is 0 Å². The van der Waals surface area contributed by atoms with Crippen LogP contribution in [0.15, 0.2) is 24.5 Å². The Kier molecular flexibility index (Phi) is 3.96. The summed E-state index contributed by atoms with van der Waals surface area (Å²) in [5.74, 6) is 0.929. The van der Waals surface area contributed by atoms with Crippen molar-refractivity contribution in [3.8, 4) is 0 Å². The minimum Gasteiger partial charge on any atom is -0.383 e. The molecule has 0 N–H and O–H groups in total. The van der Waals surface area contributed by atoms with Crippen LogP contribution in [0, 0.1) is 0 Å². The summed E-state index contributed by atoms with van der Waals surface area (Å²) in [5, 5.41) is 4.12. The number of fused-ring (bicyclic) bond motifs is 1. The quantitative estimate of drug-likeness (QED) is 0.786. The van der Waals surface area contributed by atoms with Crippen LogP contribution in [-0.4, -0.2) is 46.7 Å². The summed E-state index contributed by atoms with van der Waals surface area (Å²) in [5.41, 5.74) is 0.854. The highest BCUT2D eigenvalue weighted by Crippen LogP contribution is 2.12. The van der Waals surface area contributed by atoms with Gasteiger partial charge in [0.25, 0.3) is 0 Å². The van der Waals surface area contributed by atoms with Crippen molar-refractivity contribution in [3.05, 3.63) is 24.5 Å². The largest absolute Gasteiger partial charge is 0.383 e. The second-order valence-corrected chi connectivity index (χ2v) is 5.15. The van der Waals surface area contributed by atoms with Gasteiger partial charge in [-0.15, -0.1) is 0 Å². The Bertz CT molecular complexity index is 487. The molecule has 2 rings (SSSR count). The van der Waals surface area contributed by atoms with Gasteiger partial charge < -0.3 is 9.64 Å². The van der Waals surface area contributed by atoms with Crippen molar-refractivity contribution < 1.29 is 4.74 Å². The van der Waals surface area contributed by atoms with Gasteiger partial charge in [0.05, 0.1) is 17.6 Å². The highest BCUT2D eigenvalue weighted by molar-refractivity contribution is 9.09. The minimum atomic E-state index is 0.292. The molecule has 0 aliphatic heterocycles. The van der Waals surface area contributed by atoms with Gasteiger partial charge in [-0.25, -0.2) is 9.50 Å². The highest BCUT2D eigenvalue weighted by Gasteiger charge is 2.10. The van der Waals surface area contributed by atoms with Crippen molar-refractivity contribution in [3.63, 3.8) is 0 Å². The number of halogens is 1. The van der Waals surface area contributed by atoms with E-state index in [4.69, 9.17) is 4.74 Å². The van der Waals surface area contributed by atoms with Crippen molar-refractivity contribution in [2.75, 3.05) is 32.2 Å². The number of hydrogen-bond acceptors (Lipinski definition) is 4. The fourth-order valence-electron chi connectivity index (χ4n) is 1.64. The van der Waals surface area contributed by atoms with Gasteiger partial charge in [-0.1, -0.05) is 15.9 Å². The molecule has 5 nitrogen and oxygen atoms in total. The van der Waals surface area contributed by atoms with Gasteiger partial charge >= 0.3 is 0 Å². The van der Waals surface area contributed by atoms with E-state index in [1.165, 1.54) is 0 Å². The van der Waals surface area contributed by atoms with Crippen LogP contribution in [0.5, 0.6) is 0 Å². The average molecular weight is 299 g/mol. The first-order chi connectivity index (χ1) is 8.20. The van der Waals surface area contributed by atoms with Crippen LogP contribution in [0.1, 0.15) is 0 Å². The fraction of sp³-hybridized carbons (Fsp3) is 0.455. The molecule has 17 heavy (non-hydrogen) atoms. The lowest BCUT2D eigenvalue weighted by molar-refractivity contribution is 0.201. The Hall–Kier alpha value is -1.14. The van der Waals surface area contributed by atoms with Crippen LogP contribution < -0.4 is 4.90 Å². The molecule has 2 aromatic heterocycles. The number of anilines is 1. The van der Waals surface area contributed by atoms with Gasteiger partial charge in [-0.3, -0.25) is 0 Å². The topological polar surface area (TPSA) is 42.7 Å². The summed E-state index contributed by atoms with van der Waals surface area (Å²) in [6.45, 7) is 1.52. The fourth-order valence-corrected chi connectivity index (χ4v) is 2.34. The number of nitrogens with zero attached hydrogens (tertiary/aromatic N) is 4. The van der Waals surface area contributed by atoms with E-state index in [-0.39, 0.29) is 0 Å². The van der Waals surface area contributed by atoms with Crippen molar-refractivity contribution in [1.82, 2.24) is 14.6 Å². The molecule has 0 saturated heterocycles. The summed E-state index contributed by atoms with van der Waals surface area (Å²) in [4.78, 5) is 6.89. The number of rotatable bonds is 5. The number of hydrogen-bond donors (Lipinski definition) is 0. The highest BCUT2D eigenvalue weighted by atomic mass is 79.9. The zero-order valence-electron chi connectivity index (χ0n) is 9.88. The second kappa shape index (κ2) is 5.46. The summed E-state index contributed by atoms with van der Waals surface area (Å²) in [7, 11) is 3.71. The molecule has 1 atom stereocenters. The maximum absolute atomic E-state index is 5.09. The first-order valence-electron chi connectivity index (χ1n) is 5.35. The SMILES string of the molecule is COCC(Br)CN(C)c1ccn2nccc2n1. The predicted octanol–water partition coefficient (Wildman–Crippen LogP) is 1.58. The molecule has 0 amide bonds. The third-order valence-corrected chi connectivity index (χ3v) is 3.01. The van der Waals surface area contributed by atoms with Crippen LogP contribution in [0.25, 0.3) is 5.65 Å². The Balaban J connectivity index is 2.09. The molecule has 0 radical (unpaired) electrons. The van der Waals surface area contributed by atoms with Crippen molar-refractivity contribution in [2.24, 2.45) is 0 Å². The van der Waals surface area contributed by atoms with Crippen molar-refractivity contribution >= 4 is 27.4 Å². The molecule has 0 saturated carbocycles. The normalized spacial score (nSPS) is 12.9. The summed E-state index contributed by atoms with van der Waals surface area (Å²) in [6, 6.07) is 3.84.